The summed E-state index contributed by atoms with van der Waals surface area (Å²) in [5.74, 6) is -2.23. The third-order valence-corrected chi connectivity index (χ3v) is 3.83. The second-order valence-corrected chi connectivity index (χ2v) is 5.77. The van der Waals surface area contributed by atoms with Crippen molar-refractivity contribution in [3.63, 3.8) is 0 Å². The molecule has 0 atom stereocenters. The van der Waals surface area contributed by atoms with Crippen LogP contribution in [0.4, 0.5) is 26.1 Å². The van der Waals surface area contributed by atoms with Crippen LogP contribution in [0.25, 0.3) is 0 Å². The van der Waals surface area contributed by atoms with Crippen LogP contribution in [0.5, 0.6) is 0 Å². The lowest BCUT2D eigenvalue weighted by Crippen LogP contribution is -2.15. The lowest BCUT2D eigenvalue weighted by molar-refractivity contribution is 0.102. The van der Waals surface area contributed by atoms with Gasteiger partial charge < -0.3 is 10.6 Å². The van der Waals surface area contributed by atoms with Gasteiger partial charge in [0.2, 0.25) is 5.95 Å². The second-order valence-electron chi connectivity index (χ2n) is 5.77. The number of aromatic nitrogens is 2. The molecule has 0 radical (unpaired) electrons. The Labute approximate surface area is 149 Å². The van der Waals surface area contributed by atoms with Gasteiger partial charge in [0.15, 0.2) is 11.6 Å². The van der Waals surface area contributed by atoms with E-state index in [9.17, 15) is 13.6 Å². The van der Waals surface area contributed by atoms with Crippen molar-refractivity contribution in [2.45, 2.75) is 13.8 Å². The molecule has 0 bridgehead atoms. The van der Waals surface area contributed by atoms with E-state index in [1.165, 1.54) is 18.3 Å². The summed E-state index contributed by atoms with van der Waals surface area (Å²) in [4.78, 5) is 20.5. The number of nitrogens with zero attached hydrogens (tertiary/aromatic N) is 2. The van der Waals surface area contributed by atoms with Gasteiger partial charge in [-0.25, -0.2) is 18.7 Å². The molecule has 0 unspecified atom stereocenters. The molecule has 132 valence electrons. The molecular weight excluding hydrogens is 338 g/mol. The quantitative estimate of drug-likeness (QED) is 0.730. The highest BCUT2D eigenvalue weighted by molar-refractivity contribution is 6.03. The largest absolute Gasteiger partial charge is 0.324 e. The van der Waals surface area contributed by atoms with E-state index in [1.54, 1.807) is 0 Å². The minimum absolute atomic E-state index is 0.101. The number of anilines is 3. The summed E-state index contributed by atoms with van der Waals surface area (Å²) < 4.78 is 26.3. The molecule has 1 amide bonds. The van der Waals surface area contributed by atoms with E-state index >= 15 is 0 Å². The topological polar surface area (TPSA) is 66.9 Å². The average Bonchev–Trinajstić information content (AvgIpc) is 2.61. The van der Waals surface area contributed by atoms with Crippen LogP contribution >= 0.6 is 0 Å². The van der Waals surface area contributed by atoms with E-state index in [-0.39, 0.29) is 17.3 Å². The molecule has 2 aromatic carbocycles. The van der Waals surface area contributed by atoms with Gasteiger partial charge in [-0.05, 0) is 55.3 Å². The molecule has 3 aromatic rings. The van der Waals surface area contributed by atoms with Gasteiger partial charge in [0.1, 0.15) is 5.69 Å². The fourth-order valence-electron chi connectivity index (χ4n) is 2.26. The van der Waals surface area contributed by atoms with E-state index in [2.05, 4.69) is 20.6 Å². The van der Waals surface area contributed by atoms with Crippen LogP contribution in [0.15, 0.2) is 48.7 Å². The molecule has 1 heterocycles. The summed E-state index contributed by atoms with van der Waals surface area (Å²) in [5, 5.41) is 5.51. The van der Waals surface area contributed by atoms with E-state index in [1.807, 2.05) is 32.0 Å². The van der Waals surface area contributed by atoms with E-state index < -0.39 is 17.5 Å². The van der Waals surface area contributed by atoms with Crippen molar-refractivity contribution in [3.8, 4) is 0 Å². The Morgan fingerprint density at radius 1 is 0.923 bits per heavy atom. The molecule has 0 aliphatic carbocycles. The van der Waals surface area contributed by atoms with Crippen molar-refractivity contribution in [1.82, 2.24) is 9.97 Å². The van der Waals surface area contributed by atoms with Crippen molar-refractivity contribution in [2.75, 3.05) is 10.6 Å². The number of aryl methyl sites for hydroxylation is 2. The number of halogens is 2. The Hall–Kier alpha value is -3.35. The Balaban J connectivity index is 1.76. The zero-order valence-electron chi connectivity index (χ0n) is 14.2. The van der Waals surface area contributed by atoms with Crippen LogP contribution in [-0.2, 0) is 0 Å². The number of carbonyl (C=O) groups is 1. The van der Waals surface area contributed by atoms with E-state index in [4.69, 9.17) is 0 Å². The number of hydrogen-bond donors (Lipinski definition) is 2. The van der Waals surface area contributed by atoms with Crippen LogP contribution in [0.1, 0.15) is 21.6 Å². The first-order valence-corrected chi connectivity index (χ1v) is 7.86. The maximum atomic E-state index is 13.3. The lowest BCUT2D eigenvalue weighted by Gasteiger charge is -2.09. The number of carbonyl (C=O) groups excluding carboxylic acids is 1. The molecule has 3 rings (SSSR count). The SMILES string of the molecule is Cc1ccc(NC(=O)c2ccnc(Nc3ccc(F)c(F)c3)n2)cc1C. The molecular formula is C19H16F2N4O. The summed E-state index contributed by atoms with van der Waals surface area (Å²) >= 11 is 0. The van der Waals surface area contributed by atoms with Crippen molar-refractivity contribution in [1.29, 1.82) is 0 Å². The zero-order valence-corrected chi connectivity index (χ0v) is 14.2. The van der Waals surface area contributed by atoms with Gasteiger partial charge in [0, 0.05) is 23.6 Å². The van der Waals surface area contributed by atoms with Gasteiger partial charge in [-0.1, -0.05) is 6.07 Å². The molecule has 1 aromatic heterocycles. The zero-order chi connectivity index (χ0) is 18.7. The highest BCUT2D eigenvalue weighted by Crippen LogP contribution is 2.18. The van der Waals surface area contributed by atoms with Gasteiger partial charge in [-0.2, -0.15) is 0 Å². The molecule has 0 saturated heterocycles. The van der Waals surface area contributed by atoms with Gasteiger partial charge in [-0.3, -0.25) is 4.79 Å². The first kappa shape index (κ1) is 17.5. The van der Waals surface area contributed by atoms with Gasteiger partial charge in [0.05, 0.1) is 0 Å². The van der Waals surface area contributed by atoms with Gasteiger partial charge in [0.25, 0.3) is 5.91 Å². The summed E-state index contributed by atoms with van der Waals surface area (Å²) in [5.41, 5.74) is 3.26. The number of hydrogen-bond acceptors (Lipinski definition) is 4. The van der Waals surface area contributed by atoms with Crippen LogP contribution in [0.2, 0.25) is 0 Å². The summed E-state index contributed by atoms with van der Waals surface area (Å²) in [6.07, 6.45) is 1.41. The number of rotatable bonds is 4. The van der Waals surface area contributed by atoms with Crippen molar-refractivity contribution in [2.24, 2.45) is 0 Å². The Bertz CT molecular complexity index is 976. The predicted molar refractivity (Wildman–Crippen MR) is 95.5 cm³/mol. The average molecular weight is 354 g/mol. The maximum Gasteiger partial charge on any atom is 0.274 e. The Morgan fingerprint density at radius 3 is 2.42 bits per heavy atom. The third kappa shape index (κ3) is 4.00. The Kier molecular flexibility index (Phi) is 4.88. The highest BCUT2D eigenvalue weighted by Gasteiger charge is 2.11. The summed E-state index contributed by atoms with van der Waals surface area (Å²) in [6.45, 7) is 3.95. The summed E-state index contributed by atoms with van der Waals surface area (Å²) in [7, 11) is 0. The highest BCUT2D eigenvalue weighted by atomic mass is 19.2. The fourth-order valence-corrected chi connectivity index (χ4v) is 2.26. The van der Waals surface area contributed by atoms with Crippen LogP contribution in [0, 0.1) is 25.5 Å². The van der Waals surface area contributed by atoms with Crippen molar-refractivity contribution < 1.29 is 13.6 Å². The number of amides is 1. The smallest absolute Gasteiger partial charge is 0.274 e. The third-order valence-electron chi connectivity index (χ3n) is 3.83. The molecule has 26 heavy (non-hydrogen) atoms. The van der Waals surface area contributed by atoms with Crippen LogP contribution in [0.3, 0.4) is 0 Å². The first-order valence-electron chi connectivity index (χ1n) is 7.86. The van der Waals surface area contributed by atoms with Crippen LogP contribution in [-0.4, -0.2) is 15.9 Å². The van der Waals surface area contributed by atoms with Gasteiger partial charge in [-0.15, -0.1) is 0 Å². The summed E-state index contributed by atoms with van der Waals surface area (Å²) in [6, 6.07) is 10.4. The lowest BCUT2D eigenvalue weighted by atomic mass is 10.1. The van der Waals surface area contributed by atoms with Crippen LogP contribution < -0.4 is 10.6 Å². The van der Waals surface area contributed by atoms with E-state index in [0.29, 0.717) is 5.69 Å². The van der Waals surface area contributed by atoms with Crippen molar-refractivity contribution in [3.05, 3.63) is 77.1 Å². The minimum Gasteiger partial charge on any atom is -0.324 e. The molecule has 2 N–H and O–H groups in total. The molecule has 0 aliphatic heterocycles. The molecule has 0 aliphatic rings. The normalized spacial score (nSPS) is 10.5. The number of benzene rings is 2. The standard InChI is InChI=1S/C19H16F2N4O/c1-11-3-4-13(9-12(11)2)23-18(26)17-7-8-22-19(25-17)24-14-5-6-15(20)16(21)10-14/h3-10H,1-2H3,(H,23,26)(H,22,24,25). The molecule has 0 saturated carbocycles. The molecule has 0 fully saturated rings. The Morgan fingerprint density at radius 2 is 1.69 bits per heavy atom. The first-order chi connectivity index (χ1) is 12.4. The molecule has 0 spiro atoms. The maximum absolute atomic E-state index is 13.3. The number of nitrogens with one attached hydrogen (secondary N) is 2. The van der Waals surface area contributed by atoms with Crippen molar-refractivity contribution >= 4 is 23.2 Å². The monoisotopic (exact) mass is 354 g/mol. The molecule has 5 nitrogen and oxygen atoms in total. The predicted octanol–water partition coefficient (Wildman–Crippen LogP) is 4.37. The van der Waals surface area contributed by atoms with E-state index in [0.717, 1.165) is 23.3 Å². The molecule has 7 heteroatoms. The second kappa shape index (κ2) is 7.26. The fraction of sp³-hybridized carbons (Fsp3) is 0.105. The minimum atomic E-state index is -0.987. The van der Waals surface area contributed by atoms with Gasteiger partial charge >= 0.3 is 0 Å².